The van der Waals surface area contributed by atoms with E-state index in [1.54, 1.807) is 11.0 Å². The lowest BCUT2D eigenvalue weighted by atomic mass is 9.96. The first kappa shape index (κ1) is 25.6. The van der Waals surface area contributed by atoms with Gasteiger partial charge in [0.05, 0.1) is 17.2 Å². The van der Waals surface area contributed by atoms with Gasteiger partial charge in [0.2, 0.25) is 11.8 Å². The Morgan fingerprint density at radius 3 is 1.95 bits per heavy atom. The summed E-state index contributed by atoms with van der Waals surface area (Å²) in [6.07, 6.45) is 0.133. The van der Waals surface area contributed by atoms with Crippen LogP contribution in [0.2, 0.25) is 0 Å². The summed E-state index contributed by atoms with van der Waals surface area (Å²) in [5.41, 5.74) is 2.96. The highest BCUT2D eigenvalue weighted by atomic mass is 16.2. The number of piperazine rings is 1. The molecule has 1 atom stereocenters. The molecule has 0 spiro atoms. The normalized spacial score (nSPS) is 19.7. The van der Waals surface area contributed by atoms with Gasteiger partial charge in [-0.05, 0) is 35.7 Å². The number of imide groups is 2. The van der Waals surface area contributed by atoms with Crippen molar-refractivity contribution in [3.8, 4) is 0 Å². The van der Waals surface area contributed by atoms with Gasteiger partial charge in [0.25, 0.3) is 17.7 Å². The third-order valence-electron chi connectivity index (χ3n) is 7.88. The van der Waals surface area contributed by atoms with Crippen LogP contribution in [0.4, 0.5) is 0 Å². The fraction of sp³-hybridized carbons (Fsp3) is 0.258. The lowest BCUT2D eigenvalue weighted by Gasteiger charge is -2.39. The molecule has 0 saturated carbocycles. The quantitative estimate of drug-likeness (QED) is 0.503. The molecule has 0 aliphatic carbocycles. The maximum atomic E-state index is 13.5. The predicted octanol–water partition coefficient (Wildman–Crippen LogP) is 2.64. The molecule has 1 unspecified atom stereocenters. The van der Waals surface area contributed by atoms with E-state index in [0.717, 1.165) is 4.90 Å². The fourth-order valence-corrected chi connectivity index (χ4v) is 5.85. The molecule has 3 aliphatic rings. The van der Waals surface area contributed by atoms with E-state index in [0.29, 0.717) is 31.7 Å². The first-order chi connectivity index (χ1) is 19.4. The summed E-state index contributed by atoms with van der Waals surface area (Å²) >= 11 is 0. The number of amides is 5. The molecule has 2 saturated heterocycles. The minimum absolute atomic E-state index is 0.0505. The number of hydrogen-bond donors (Lipinski definition) is 1. The molecule has 0 radical (unpaired) electrons. The van der Waals surface area contributed by atoms with Crippen LogP contribution in [0.3, 0.4) is 0 Å². The summed E-state index contributed by atoms with van der Waals surface area (Å²) in [4.78, 5) is 68.5. The third kappa shape index (κ3) is 4.58. The van der Waals surface area contributed by atoms with Crippen LogP contribution in [0.1, 0.15) is 61.1 Å². The van der Waals surface area contributed by atoms with Crippen molar-refractivity contribution in [1.29, 1.82) is 0 Å². The lowest BCUT2D eigenvalue weighted by Crippen LogP contribution is -2.54. The molecule has 0 bridgehead atoms. The molecule has 3 aromatic rings. The average Bonchev–Trinajstić information content (AvgIpc) is 3.23. The van der Waals surface area contributed by atoms with Crippen molar-refractivity contribution < 1.29 is 24.0 Å². The zero-order chi connectivity index (χ0) is 27.8. The Balaban J connectivity index is 1.17. The van der Waals surface area contributed by atoms with Gasteiger partial charge < -0.3 is 4.90 Å². The highest BCUT2D eigenvalue weighted by Crippen LogP contribution is 2.31. The van der Waals surface area contributed by atoms with Crippen LogP contribution in [0, 0.1) is 0 Å². The molecule has 3 aliphatic heterocycles. The SMILES string of the molecule is O=C1CCC(N2C(=O)c3ccc(C(=O)N4CCN(C(c5ccccc5)c5ccccc5)CC4)cc3C2=O)C(=O)N1. The van der Waals surface area contributed by atoms with Crippen LogP contribution in [0.15, 0.2) is 78.9 Å². The van der Waals surface area contributed by atoms with Crippen LogP contribution in [0.5, 0.6) is 0 Å². The van der Waals surface area contributed by atoms with E-state index < -0.39 is 29.7 Å². The number of carbonyl (C=O) groups is 5. The Kier molecular flexibility index (Phi) is 6.73. The topological polar surface area (TPSA) is 107 Å². The number of hydrogen-bond acceptors (Lipinski definition) is 6. The zero-order valence-electron chi connectivity index (χ0n) is 21.8. The number of nitrogens with zero attached hydrogens (tertiary/aromatic N) is 3. The van der Waals surface area contributed by atoms with E-state index >= 15 is 0 Å². The van der Waals surface area contributed by atoms with Gasteiger partial charge >= 0.3 is 0 Å². The summed E-state index contributed by atoms with van der Waals surface area (Å²) in [6.45, 7) is 2.38. The molecule has 1 N–H and O–H groups in total. The van der Waals surface area contributed by atoms with E-state index in [4.69, 9.17) is 0 Å². The summed E-state index contributed by atoms with van der Waals surface area (Å²) in [5.74, 6) is -2.51. The van der Waals surface area contributed by atoms with Gasteiger partial charge in [-0.15, -0.1) is 0 Å². The van der Waals surface area contributed by atoms with Gasteiger partial charge in [-0.25, -0.2) is 0 Å². The van der Waals surface area contributed by atoms with Gasteiger partial charge in [-0.3, -0.25) is 39.1 Å². The average molecular weight is 537 g/mol. The van der Waals surface area contributed by atoms with Crippen molar-refractivity contribution in [3.05, 3.63) is 107 Å². The van der Waals surface area contributed by atoms with Crippen molar-refractivity contribution in [3.63, 3.8) is 0 Å². The van der Waals surface area contributed by atoms with E-state index in [-0.39, 0.29) is 35.9 Å². The molecule has 2 fully saturated rings. The van der Waals surface area contributed by atoms with Crippen molar-refractivity contribution in [2.75, 3.05) is 26.2 Å². The molecule has 0 aromatic heterocycles. The number of benzene rings is 3. The minimum Gasteiger partial charge on any atom is -0.336 e. The van der Waals surface area contributed by atoms with Gasteiger partial charge in [0.1, 0.15) is 6.04 Å². The van der Waals surface area contributed by atoms with E-state index in [9.17, 15) is 24.0 Å². The molecule has 202 valence electrons. The van der Waals surface area contributed by atoms with Crippen LogP contribution >= 0.6 is 0 Å². The first-order valence-electron chi connectivity index (χ1n) is 13.4. The monoisotopic (exact) mass is 536 g/mol. The van der Waals surface area contributed by atoms with Crippen LogP contribution < -0.4 is 5.32 Å². The van der Waals surface area contributed by atoms with Gasteiger partial charge in [0.15, 0.2) is 0 Å². The van der Waals surface area contributed by atoms with E-state index in [2.05, 4.69) is 34.5 Å². The van der Waals surface area contributed by atoms with E-state index in [1.165, 1.54) is 23.3 Å². The summed E-state index contributed by atoms with van der Waals surface area (Å²) < 4.78 is 0. The lowest BCUT2D eigenvalue weighted by molar-refractivity contribution is -0.136. The van der Waals surface area contributed by atoms with Crippen LogP contribution in [-0.4, -0.2) is 76.5 Å². The van der Waals surface area contributed by atoms with Gasteiger partial charge in [-0.2, -0.15) is 0 Å². The zero-order valence-corrected chi connectivity index (χ0v) is 21.8. The van der Waals surface area contributed by atoms with E-state index in [1.807, 2.05) is 36.4 Å². The maximum absolute atomic E-state index is 13.5. The molecule has 9 heteroatoms. The summed E-state index contributed by atoms with van der Waals surface area (Å²) in [5, 5.41) is 2.19. The minimum atomic E-state index is -1.04. The summed E-state index contributed by atoms with van der Waals surface area (Å²) in [6, 6.07) is 24.1. The molecular formula is C31H28N4O5. The number of rotatable bonds is 5. The predicted molar refractivity (Wildman–Crippen MR) is 145 cm³/mol. The first-order valence-corrected chi connectivity index (χ1v) is 13.4. The Morgan fingerprint density at radius 2 is 1.35 bits per heavy atom. The molecule has 3 heterocycles. The molecule has 3 aromatic carbocycles. The molecule has 40 heavy (non-hydrogen) atoms. The van der Waals surface area contributed by atoms with Crippen LogP contribution in [-0.2, 0) is 9.59 Å². The van der Waals surface area contributed by atoms with Crippen molar-refractivity contribution >= 4 is 29.5 Å². The number of nitrogens with one attached hydrogen (secondary N) is 1. The second-order valence-corrected chi connectivity index (χ2v) is 10.3. The standard InChI is InChI=1S/C31H28N4O5/c36-26-14-13-25(28(37)32-26)35-30(39)23-12-11-22(19-24(23)31(35)40)29(38)34-17-15-33(16-18-34)27(20-7-3-1-4-8-20)21-9-5-2-6-10-21/h1-12,19,25,27H,13-18H2,(H,32,36,37). The van der Waals surface area contributed by atoms with Crippen LogP contribution in [0.25, 0.3) is 0 Å². The fourth-order valence-electron chi connectivity index (χ4n) is 5.85. The molecule has 6 rings (SSSR count). The summed E-state index contributed by atoms with van der Waals surface area (Å²) in [7, 11) is 0. The highest BCUT2D eigenvalue weighted by molar-refractivity contribution is 6.24. The highest BCUT2D eigenvalue weighted by Gasteiger charge is 2.45. The third-order valence-corrected chi connectivity index (χ3v) is 7.88. The van der Waals surface area contributed by atoms with Gasteiger partial charge in [-0.1, -0.05) is 60.7 Å². The number of carbonyl (C=O) groups excluding carboxylic acids is 5. The Labute approximate surface area is 231 Å². The Morgan fingerprint density at radius 1 is 0.750 bits per heavy atom. The van der Waals surface area contributed by atoms with Crippen molar-refractivity contribution in [1.82, 2.24) is 20.0 Å². The van der Waals surface area contributed by atoms with Gasteiger partial charge in [0, 0.05) is 38.2 Å². The second kappa shape index (κ2) is 10.5. The smallest absolute Gasteiger partial charge is 0.262 e. The number of fused-ring (bicyclic) bond motifs is 1. The molecule has 9 nitrogen and oxygen atoms in total. The van der Waals surface area contributed by atoms with Crippen molar-refractivity contribution in [2.24, 2.45) is 0 Å². The number of piperidine rings is 1. The largest absolute Gasteiger partial charge is 0.336 e. The Bertz CT molecular complexity index is 1460. The maximum Gasteiger partial charge on any atom is 0.262 e. The van der Waals surface area contributed by atoms with Crippen molar-refractivity contribution in [2.45, 2.75) is 24.9 Å². The Hall–Kier alpha value is -4.63. The molecular weight excluding hydrogens is 508 g/mol. The molecule has 5 amide bonds. The second-order valence-electron chi connectivity index (χ2n) is 10.3.